The van der Waals surface area contributed by atoms with Crippen molar-refractivity contribution in [2.45, 2.75) is 38.3 Å². The summed E-state index contributed by atoms with van der Waals surface area (Å²) < 4.78 is 28.8. The number of benzene rings is 2. The molecule has 0 radical (unpaired) electrons. The van der Waals surface area contributed by atoms with Crippen LogP contribution in [0.2, 0.25) is 0 Å². The van der Waals surface area contributed by atoms with Crippen molar-refractivity contribution in [3.8, 4) is 0 Å². The van der Waals surface area contributed by atoms with Crippen molar-refractivity contribution in [2.75, 3.05) is 11.9 Å². The van der Waals surface area contributed by atoms with E-state index in [9.17, 15) is 13.6 Å². The largest absolute Gasteiger partial charge is 0.363 e. The fraction of sp³-hybridized carbons (Fsp3) is 0.304. The molecule has 0 saturated heterocycles. The van der Waals surface area contributed by atoms with Gasteiger partial charge in [0.25, 0.3) is 12.3 Å². The minimum absolute atomic E-state index is 0.199. The molecule has 30 heavy (non-hydrogen) atoms. The van der Waals surface area contributed by atoms with Crippen LogP contribution in [0.25, 0.3) is 0 Å². The van der Waals surface area contributed by atoms with Gasteiger partial charge in [-0.3, -0.25) is 4.79 Å². The van der Waals surface area contributed by atoms with Crippen molar-refractivity contribution in [2.24, 2.45) is 0 Å². The summed E-state index contributed by atoms with van der Waals surface area (Å²) in [7, 11) is 0. The molecule has 3 aromatic rings. The minimum Gasteiger partial charge on any atom is -0.363 e. The molecule has 2 N–H and O–H groups in total. The Morgan fingerprint density at radius 3 is 2.63 bits per heavy atom. The third kappa shape index (κ3) is 4.20. The zero-order valence-electron chi connectivity index (χ0n) is 16.7. The number of fused-ring (bicyclic) bond motifs is 1. The Kier molecular flexibility index (Phi) is 5.79. The number of alkyl halides is 2. The molecule has 4 rings (SSSR count). The summed E-state index contributed by atoms with van der Waals surface area (Å²) in [5, 5.41) is 10.2. The van der Waals surface area contributed by atoms with Gasteiger partial charge in [0.15, 0.2) is 0 Å². The van der Waals surface area contributed by atoms with E-state index in [2.05, 4.69) is 15.7 Å². The maximum absolute atomic E-state index is 13.8. The fourth-order valence-electron chi connectivity index (χ4n) is 3.78. The highest BCUT2D eigenvalue weighted by Crippen LogP contribution is 2.39. The van der Waals surface area contributed by atoms with E-state index in [1.165, 1.54) is 10.9 Å². The Labute approximate surface area is 174 Å². The number of aryl methyl sites for hydroxylation is 1. The van der Waals surface area contributed by atoms with Crippen LogP contribution < -0.4 is 10.6 Å². The zero-order chi connectivity index (χ0) is 21.1. The van der Waals surface area contributed by atoms with Crippen LogP contribution in [0.15, 0.2) is 60.8 Å². The number of halogens is 2. The second kappa shape index (κ2) is 8.65. The number of carbonyl (C=O) groups excluding carboxylic acids is 1. The van der Waals surface area contributed by atoms with Gasteiger partial charge in [0.1, 0.15) is 17.4 Å². The van der Waals surface area contributed by atoms with Crippen LogP contribution in [0.3, 0.4) is 0 Å². The molecule has 0 fully saturated rings. The third-order valence-corrected chi connectivity index (χ3v) is 5.46. The van der Waals surface area contributed by atoms with Crippen LogP contribution in [0.5, 0.6) is 0 Å². The Morgan fingerprint density at radius 2 is 1.93 bits per heavy atom. The summed E-state index contributed by atoms with van der Waals surface area (Å²) in [4.78, 5) is 12.7. The van der Waals surface area contributed by atoms with Gasteiger partial charge < -0.3 is 10.6 Å². The first kappa shape index (κ1) is 20.1. The van der Waals surface area contributed by atoms with Crippen molar-refractivity contribution < 1.29 is 13.6 Å². The second-order valence-corrected chi connectivity index (χ2v) is 7.59. The van der Waals surface area contributed by atoms with Crippen LogP contribution in [-0.2, 0) is 6.42 Å². The number of rotatable bonds is 6. The third-order valence-electron chi connectivity index (χ3n) is 5.46. The number of nitrogens with one attached hydrogen (secondary N) is 2. The predicted octanol–water partition coefficient (Wildman–Crippen LogP) is 4.53. The van der Waals surface area contributed by atoms with Gasteiger partial charge in [0, 0.05) is 6.54 Å². The van der Waals surface area contributed by atoms with Crippen molar-refractivity contribution in [1.82, 2.24) is 15.1 Å². The second-order valence-electron chi connectivity index (χ2n) is 7.59. The van der Waals surface area contributed by atoms with Gasteiger partial charge in [-0.15, -0.1) is 0 Å². The molecule has 2 heterocycles. The number of anilines is 1. The number of amides is 1. The molecule has 2 atom stereocenters. The maximum Gasteiger partial charge on any atom is 0.260 e. The summed E-state index contributed by atoms with van der Waals surface area (Å²) >= 11 is 0. The molecule has 1 aliphatic heterocycles. The smallest absolute Gasteiger partial charge is 0.260 e. The van der Waals surface area contributed by atoms with E-state index >= 15 is 0 Å². The number of hydrogen-bond acceptors (Lipinski definition) is 3. The van der Waals surface area contributed by atoms with Gasteiger partial charge in [0.2, 0.25) is 0 Å². The van der Waals surface area contributed by atoms with Crippen molar-refractivity contribution >= 4 is 11.7 Å². The van der Waals surface area contributed by atoms with Gasteiger partial charge in [0.05, 0.1) is 12.2 Å². The number of hydrogen-bond donors (Lipinski definition) is 2. The zero-order valence-corrected chi connectivity index (χ0v) is 16.7. The van der Waals surface area contributed by atoms with Gasteiger partial charge in [-0.05, 0) is 30.9 Å². The van der Waals surface area contributed by atoms with E-state index in [-0.39, 0.29) is 23.9 Å². The van der Waals surface area contributed by atoms with Crippen LogP contribution in [0.1, 0.15) is 45.6 Å². The average molecular weight is 410 g/mol. The minimum atomic E-state index is -2.58. The highest BCUT2D eigenvalue weighted by molar-refractivity contribution is 5.98. The van der Waals surface area contributed by atoms with E-state index in [0.29, 0.717) is 18.8 Å². The summed E-state index contributed by atoms with van der Waals surface area (Å²) in [6.07, 6.45) is -0.320. The molecule has 7 heteroatoms. The number of carbonyl (C=O) groups is 1. The van der Waals surface area contributed by atoms with Gasteiger partial charge in [-0.1, -0.05) is 60.2 Å². The van der Waals surface area contributed by atoms with Crippen LogP contribution in [0, 0.1) is 6.92 Å². The average Bonchev–Trinajstić information content (AvgIpc) is 3.18. The van der Waals surface area contributed by atoms with E-state index in [0.717, 1.165) is 16.7 Å². The topological polar surface area (TPSA) is 59.0 Å². The first-order valence-corrected chi connectivity index (χ1v) is 10.0. The van der Waals surface area contributed by atoms with Gasteiger partial charge >= 0.3 is 0 Å². The standard InChI is InChI=1S/C23H24F2N4O/c1-15-7-9-17(10-8-15)19-13-20(21(24)25)29-22(28-19)18(14-27-29)23(30)26-12-11-16-5-3-2-4-6-16/h2-10,14,19-21,28H,11-13H2,1H3,(H,26,30). The molecule has 0 spiro atoms. The lowest BCUT2D eigenvalue weighted by Crippen LogP contribution is -2.32. The SMILES string of the molecule is Cc1ccc(C2CC(C(F)F)n3ncc(C(=O)NCCc4ccccc4)c3N2)cc1. The summed E-state index contributed by atoms with van der Waals surface area (Å²) in [5.41, 5.74) is 3.41. The highest BCUT2D eigenvalue weighted by Gasteiger charge is 2.36. The Balaban J connectivity index is 1.52. The summed E-state index contributed by atoms with van der Waals surface area (Å²) in [5.74, 6) is 0.0200. The molecule has 0 aliphatic carbocycles. The molecule has 156 valence electrons. The first-order chi connectivity index (χ1) is 14.5. The van der Waals surface area contributed by atoms with Crippen molar-refractivity contribution in [3.63, 3.8) is 0 Å². The van der Waals surface area contributed by atoms with Crippen LogP contribution in [0.4, 0.5) is 14.6 Å². The summed E-state index contributed by atoms with van der Waals surface area (Å²) in [6.45, 7) is 2.43. The summed E-state index contributed by atoms with van der Waals surface area (Å²) in [6, 6.07) is 16.2. The highest BCUT2D eigenvalue weighted by atomic mass is 19.3. The van der Waals surface area contributed by atoms with Crippen LogP contribution >= 0.6 is 0 Å². The van der Waals surface area contributed by atoms with Crippen LogP contribution in [-0.4, -0.2) is 28.7 Å². The molecule has 1 aromatic heterocycles. The van der Waals surface area contributed by atoms with E-state index in [1.807, 2.05) is 61.5 Å². The quantitative estimate of drug-likeness (QED) is 0.628. The molecule has 1 amide bonds. The van der Waals surface area contributed by atoms with E-state index < -0.39 is 12.5 Å². The molecular formula is C23H24F2N4O. The molecule has 0 bridgehead atoms. The molecule has 0 saturated carbocycles. The molecule has 2 unspecified atom stereocenters. The normalized spacial score (nSPS) is 18.0. The van der Waals surface area contributed by atoms with Gasteiger partial charge in [-0.25, -0.2) is 13.5 Å². The van der Waals surface area contributed by atoms with Crippen molar-refractivity contribution in [1.29, 1.82) is 0 Å². The first-order valence-electron chi connectivity index (χ1n) is 10.0. The molecule has 5 nitrogen and oxygen atoms in total. The maximum atomic E-state index is 13.8. The molecular weight excluding hydrogens is 386 g/mol. The van der Waals surface area contributed by atoms with E-state index in [1.54, 1.807) is 0 Å². The monoisotopic (exact) mass is 410 g/mol. The fourth-order valence-corrected chi connectivity index (χ4v) is 3.78. The lowest BCUT2D eigenvalue weighted by Gasteiger charge is -2.32. The Bertz CT molecular complexity index is 1000. The van der Waals surface area contributed by atoms with Gasteiger partial charge in [-0.2, -0.15) is 5.10 Å². The molecule has 1 aliphatic rings. The Hall–Kier alpha value is -3.22. The number of nitrogens with zero attached hydrogens (tertiary/aromatic N) is 2. The van der Waals surface area contributed by atoms with Crippen molar-refractivity contribution in [3.05, 3.63) is 83.0 Å². The lowest BCUT2D eigenvalue weighted by molar-refractivity contribution is 0.0656. The number of aromatic nitrogens is 2. The molecule has 2 aromatic carbocycles. The lowest BCUT2D eigenvalue weighted by atomic mass is 9.96. The predicted molar refractivity (Wildman–Crippen MR) is 112 cm³/mol. The van der Waals surface area contributed by atoms with E-state index in [4.69, 9.17) is 0 Å². The Morgan fingerprint density at radius 1 is 1.20 bits per heavy atom.